The molecular formula is C20H27ClN2O5S. The van der Waals surface area contributed by atoms with Crippen molar-refractivity contribution in [2.45, 2.75) is 37.5 Å². The van der Waals surface area contributed by atoms with Gasteiger partial charge in [0.2, 0.25) is 15.9 Å². The number of carbonyl (C=O) groups excluding carboxylic acids is 2. The zero-order valence-corrected chi connectivity index (χ0v) is 18.1. The lowest BCUT2D eigenvalue weighted by atomic mass is 9.93. The summed E-state index contributed by atoms with van der Waals surface area (Å²) >= 11 is 5.86. The summed E-state index contributed by atoms with van der Waals surface area (Å²) in [6.45, 7) is 3.73. The van der Waals surface area contributed by atoms with Crippen molar-refractivity contribution < 1.29 is 22.7 Å². The van der Waals surface area contributed by atoms with E-state index >= 15 is 0 Å². The molecule has 0 saturated carbocycles. The van der Waals surface area contributed by atoms with Gasteiger partial charge in [0.1, 0.15) is 0 Å². The Morgan fingerprint density at radius 3 is 2.34 bits per heavy atom. The van der Waals surface area contributed by atoms with Crippen LogP contribution >= 0.6 is 11.6 Å². The van der Waals surface area contributed by atoms with Crippen molar-refractivity contribution in [1.29, 1.82) is 0 Å². The lowest BCUT2D eigenvalue weighted by Crippen LogP contribution is -2.49. The first-order valence-electron chi connectivity index (χ1n) is 10.0. The molecule has 2 aliphatic rings. The molecule has 2 heterocycles. The number of hydrogen-bond donors (Lipinski definition) is 0. The maximum Gasteiger partial charge on any atom is 0.309 e. The van der Waals surface area contributed by atoms with Crippen molar-refractivity contribution in [2.24, 2.45) is 11.8 Å². The van der Waals surface area contributed by atoms with Gasteiger partial charge in [-0.2, -0.15) is 4.31 Å². The average molecular weight is 443 g/mol. The second kappa shape index (κ2) is 9.45. The molecule has 1 aromatic carbocycles. The Morgan fingerprint density at radius 1 is 1.07 bits per heavy atom. The molecule has 7 nitrogen and oxygen atoms in total. The van der Waals surface area contributed by atoms with Crippen LogP contribution in [0.25, 0.3) is 0 Å². The fraction of sp³-hybridized carbons (Fsp3) is 0.600. The van der Waals surface area contributed by atoms with Crippen LogP contribution in [0, 0.1) is 11.8 Å². The first-order valence-corrected chi connectivity index (χ1v) is 11.9. The van der Waals surface area contributed by atoms with Gasteiger partial charge in [0.25, 0.3) is 0 Å². The molecule has 2 aliphatic heterocycles. The highest BCUT2D eigenvalue weighted by Crippen LogP contribution is 2.27. The molecule has 9 heteroatoms. The summed E-state index contributed by atoms with van der Waals surface area (Å²) in [5.74, 6) is -0.738. The number of likely N-dealkylation sites (tertiary alicyclic amines) is 1. The predicted octanol–water partition coefficient (Wildman–Crippen LogP) is 2.54. The smallest absolute Gasteiger partial charge is 0.309 e. The monoisotopic (exact) mass is 442 g/mol. The summed E-state index contributed by atoms with van der Waals surface area (Å²) in [5, 5.41) is 0.474. The van der Waals surface area contributed by atoms with Crippen LogP contribution in [0.5, 0.6) is 0 Å². The van der Waals surface area contributed by atoms with E-state index in [-0.39, 0.29) is 35.2 Å². The Kier molecular flexibility index (Phi) is 7.19. The van der Waals surface area contributed by atoms with E-state index < -0.39 is 10.0 Å². The van der Waals surface area contributed by atoms with Crippen molar-refractivity contribution in [1.82, 2.24) is 9.21 Å². The lowest BCUT2D eigenvalue weighted by molar-refractivity contribution is -0.152. The minimum absolute atomic E-state index is 0.0247. The van der Waals surface area contributed by atoms with Gasteiger partial charge in [0.15, 0.2) is 0 Å². The number of ether oxygens (including phenoxy) is 1. The Morgan fingerprint density at radius 2 is 1.72 bits per heavy atom. The van der Waals surface area contributed by atoms with Crippen LogP contribution in [0.1, 0.15) is 32.6 Å². The van der Waals surface area contributed by atoms with Gasteiger partial charge in [0, 0.05) is 31.2 Å². The van der Waals surface area contributed by atoms with Gasteiger partial charge in [-0.05, 0) is 56.9 Å². The van der Waals surface area contributed by atoms with E-state index in [9.17, 15) is 18.0 Å². The van der Waals surface area contributed by atoms with Crippen molar-refractivity contribution in [3.8, 4) is 0 Å². The maximum absolute atomic E-state index is 13.0. The second-order valence-electron chi connectivity index (χ2n) is 7.51. The van der Waals surface area contributed by atoms with Gasteiger partial charge in [-0.15, -0.1) is 0 Å². The molecule has 2 saturated heterocycles. The summed E-state index contributed by atoms with van der Waals surface area (Å²) in [6.07, 6.45) is 2.49. The number of piperidine rings is 2. The average Bonchev–Trinajstić information content (AvgIpc) is 2.74. The van der Waals surface area contributed by atoms with Crippen LogP contribution < -0.4 is 0 Å². The number of benzene rings is 1. The molecule has 1 aromatic rings. The minimum Gasteiger partial charge on any atom is -0.466 e. The van der Waals surface area contributed by atoms with Gasteiger partial charge in [-0.25, -0.2) is 8.42 Å². The molecule has 1 atom stereocenters. The zero-order valence-electron chi connectivity index (χ0n) is 16.5. The minimum atomic E-state index is -3.66. The van der Waals surface area contributed by atoms with Gasteiger partial charge >= 0.3 is 5.97 Å². The topological polar surface area (TPSA) is 84.0 Å². The number of carbonyl (C=O) groups is 2. The second-order valence-corrected chi connectivity index (χ2v) is 9.88. The highest BCUT2D eigenvalue weighted by molar-refractivity contribution is 7.89. The number of esters is 1. The molecular weight excluding hydrogens is 416 g/mol. The number of nitrogens with zero attached hydrogens (tertiary/aromatic N) is 2. The van der Waals surface area contributed by atoms with Crippen molar-refractivity contribution in [3.63, 3.8) is 0 Å². The Balaban J connectivity index is 1.61. The molecule has 29 heavy (non-hydrogen) atoms. The van der Waals surface area contributed by atoms with E-state index in [0.717, 1.165) is 0 Å². The maximum atomic E-state index is 13.0. The van der Waals surface area contributed by atoms with Gasteiger partial charge in [-0.1, -0.05) is 11.6 Å². The van der Waals surface area contributed by atoms with E-state index in [0.29, 0.717) is 56.9 Å². The van der Waals surface area contributed by atoms with Crippen LogP contribution in [0.15, 0.2) is 29.2 Å². The third kappa shape index (κ3) is 5.10. The van der Waals surface area contributed by atoms with Gasteiger partial charge in [0.05, 0.1) is 23.3 Å². The molecule has 0 N–H and O–H groups in total. The Hall–Kier alpha value is -1.64. The number of rotatable bonds is 5. The molecule has 0 spiro atoms. The number of hydrogen-bond acceptors (Lipinski definition) is 5. The molecule has 2 fully saturated rings. The molecule has 160 valence electrons. The van der Waals surface area contributed by atoms with E-state index in [4.69, 9.17) is 16.3 Å². The van der Waals surface area contributed by atoms with E-state index in [2.05, 4.69) is 0 Å². The molecule has 1 amide bonds. The zero-order chi connectivity index (χ0) is 21.0. The SMILES string of the molecule is CCOC(=O)C1CCN(C(=O)[C@@H]2CCCN(S(=O)(=O)c3ccc(Cl)cc3)C2)CC1. The molecule has 0 unspecified atom stereocenters. The largest absolute Gasteiger partial charge is 0.466 e. The highest BCUT2D eigenvalue weighted by Gasteiger charge is 2.36. The van der Waals surface area contributed by atoms with Gasteiger partial charge in [-0.3, -0.25) is 9.59 Å². The summed E-state index contributed by atoms with van der Waals surface area (Å²) in [5.41, 5.74) is 0. The van der Waals surface area contributed by atoms with Crippen molar-refractivity contribution in [3.05, 3.63) is 29.3 Å². The standard InChI is InChI=1S/C20H27ClN2O5S/c1-2-28-20(25)15-9-12-22(13-10-15)19(24)16-4-3-11-23(14-16)29(26,27)18-7-5-17(21)6-8-18/h5-8,15-16H,2-4,9-14H2,1H3/t16-/m1/s1. The van der Waals surface area contributed by atoms with Crippen LogP contribution in [0.4, 0.5) is 0 Å². The molecule has 3 rings (SSSR count). The Bertz CT molecular complexity index is 835. The van der Waals surface area contributed by atoms with E-state index in [1.54, 1.807) is 24.0 Å². The number of halogens is 1. The van der Waals surface area contributed by atoms with Crippen LogP contribution in [-0.4, -0.2) is 62.3 Å². The Labute approximate surface area is 177 Å². The summed E-state index contributed by atoms with van der Waals surface area (Å²) in [7, 11) is -3.66. The molecule has 0 radical (unpaired) electrons. The van der Waals surface area contributed by atoms with Crippen molar-refractivity contribution in [2.75, 3.05) is 32.8 Å². The summed E-state index contributed by atoms with van der Waals surface area (Å²) in [4.78, 5) is 26.8. The van der Waals surface area contributed by atoms with E-state index in [1.807, 2.05) is 0 Å². The number of amides is 1. The first kappa shape index (κ1) is 22.1. The quantitative estimate of drug-likeness (QED) is 0.654. The third-order valence-corrected chi connectivity index (χ3v) is 7.74. The molecule has 0 aliphatic carbocycles. The third-order valence-electron chi connectivity index (χ3n) is 5.61. The van der Waals surface area contributed by atoms with Gasteiger partial charge < -0.3 is 9.64 Å². The van der Waals surface area contributed by atoms with Crippen molar-refractivity contribution >= 4 is 33.5 Å². The molecule has 0 aromatic heterocycles. The van der Waals surface area contributed by atoms with Crippen LogP contribution in [0.2, 0.25) is 5.02 Å². The van der Waals surface area contributed by atoms with Crippen LogP contribution in [0.3, 0.4) is 0 Å². The fourth-order valence-electron chi connectivity index (χ4n) is 3.97. The number of sulfonamides is 1. The fourth-order valence-corrected chi connectivity index (χ4v) is 5.62. The summed E-state index contributed by atoms with van der Waals surface area (Å²) < 4.78 is 32.3. The summed E-state index contributed by atoms with van der Waals surface area (Å²) in [6, 6.07) is 6.08. The first-order chi connectivity index (χ1) is 13.8. The lowest BCUT2D eigenvalue weighted by Gasteiger charge is -2.37. The molecule has 0 bridgehead atoms. The normalized spacial score (nSPS) is 21.7. The van der Waals surface area contributed by atoms with E-state index in [1.165, 1.54) is 16.4 Å². The van der Waals surface area contributed by atoms with Crippen LogP contribution in [-0.2, 0) is 24.3 Å². The predicted molar refractivity (Wildman–Crippen MR) is 109 cm³/mol. The highest BCUT2D eigenvalue weighted by atomic mass is 35.5.